The van der Waals surface area contributed by atoms with Gasteiger partial charge in [0.05, 0.1) is 11.0 Å². The van der Waals surface area contributed by atoms with Gasteiger partial charge < -0.3 is 10.2 Å². The Bertz CT molecular complexity index is 917. The van der Waals surface area contributed by atoms with E-state index in [1.807, 2.05) is 0 Å². The molecule has 3 aliphatic rings. The normalized spacial score (nSPS) is 25.9. The van der Waals surface area contributed by atoms with Crippen LogP contribution in [0.25, 0.3) is 10.1 Å². The van der Waals surface area contributed by atoms with Crippen LogP contribution in [0.2, 0.25) is 0 Å². The summed E-state index contributed by atoms with van der Waals surface area (Å²) in [6.45, 7) is 3.18. The number of hydrogen-bond donors (Lipinski definition) is 2. The maximum atomic E-state index is 12.7. The van der Waals surface area contributed by atoms with Crippen LogP contribution in [0.3, 0.4) is 0 Å². The minimum Gasteiger partial charge on any atom is -0.346 e. The van der Waals surface area contributed by atoms with E-state index < -0.39 is 10.0 Å². The van der Waals surface area contributed by atoms with E-state index in [4.69, 9.17) is 0 Å². The summed E-state index contributed by atoms with van der Waals surface area (Å²) in [4.78, 5) is 15.1. The summed E-state index contributed by atoms with van der Waals surface area (Å²) >= 11 is 1.20. The molecule has 2 aromatic rings. The zero-order valence-electron chi connectivity index (χ0n) is 13.9. The van der Waals surface area contributed by atoms with Crippen LogP contribution in [0.1, 0.15) is 23.3 Å². The van der Waals surface area contributed by atoms with Crippen molar-refractivity contribution in [1.29, 1.82) is 0 Å². The molecule has 2 bridgehead atoms. The second-order valence-electron chi connectivity index (χ2n) is 6.83. The predicted molar refractivity (Wildman–Crippen MR) is 98.5 cm³/mol. The number of rotatable bonds is 4. The third kappa shape index (κ3) is 3.49. The molecule has 134 valence electrons. The van der Waals surface area contributed by atoms with E-state index in [0.29, 0.717) is 17.3 Å². The number of fused-ring (bicyclic) bond motifs is 4. The smallest absolute Gasteiger partial charge is 0.271 e. The van der Waals surface area contributed by atoms with Gasteiger partial charge in [0.25, 0.3) is 5.91 Å². The second kappa shape index (κ2) is 6.22. The van der Waals surface area contributed by atoms with E-state index in [0.717, 1.165) is 48.8 Å². The van der Waals surface area contributed by atoms with Crippen molar-refractivity contribution >= 4 is 43.2 Å². The number of carbonyl (C=O) groups excluding carboxylic acids is 1. The number of hydrogen-bond acceptors (Lipinski definition) is 6. The fourth-order valence-corrected chi connectivity index (χ4v) is 5.11. The Balaban J connectivity index is 1.54. The summed E-state index contributed by atoms with van der Waals surface area (Å²) in [6.07, 6.45) is 3.39. The maximum absolute atomic E-state index is 12.7. The predicted octanol–water partition coefficient (Wildman–Crippen LogP) is 1.49. The van der Waals surface area contributed by atoms with Gasteiger partial charge in [0.1, 0.15) is 5.69 Å². The van der Waals surface area contributed by atoms with Crippen molar-refractivity contribution < 1.29 is 13.2 Å². The van der Waals surface area contributed by atoms with Crippen LogP contribution in [0.15, 0.2) is 18.2 Å². The van der Waals surface area contributed by atoms with Gasteiger partial charge in [-0.15, -0.1) is 0 Å². The van der Waals surface area contributed by atoms with Gasteiger partial charge >= 0.3 is 0 Å². The van der Waals surface area contributed by atoms with Crippen LogP contribution in [0.4, 0.5) is 5.69 Å². The van der Waals surface area contributed by atoms with Gasteiger partial charge in [-0.2, -0.15) is 4.37 Å². The Morgan fingerprint density at radius 3 is 2.72 bits per heavy atom. The first kappa shape index (κ1) is 16.7. The minimum atomic E-state index is -3.33. The number of sulfonamides is 1. The van der Waals surface area contributed by atoms with E-state index in [1.165, 1.54) is 11.5 Å². The highest BCUT2D eigenvalue weighted by atomic mass is 32.2. The number of nitrogens with one attached hydrogen (secondary N) is 2. The highest BCUT2D eigenvalue weighted by Gasteiger charge is 2.35. The van der Waals surface area contributed by atoms with Gasteiger partial charge in [0.2, 0.25) is 10.0 Å². The SMILES string of the molecule is CS(=O)(=O)Nc1ccc2c(C(=O)N[C@@H]3CN4CCC3CC4)nsc2c1. The minimum absolute atomic E-state index is 0.145. The summed E-state index contributed by atoms with van der Waals surface area (Å²) in [5, 5.41) is 3.90. The lowest BCUT2D eigenvalue weighted by atomic mass is 9.84. The monoisotopic (exact) mass is 380 g/mol. The van der Waals surface area contributed by atoms with E-state index >= 15 is 0 Å². The molecule has 1 atom stereocenters. The number of carbonyl (C=O) groups is 1. The maximum Gasteiger partial charge on any atom is 0.271 e. The molecule has 9 heteroatoms. The van der Waals surface area contributed by atoms with Crippen LogP contribution in [-0.2, 0) is 10.0 Å². The summed E-state index contributed by atoms with van der Waals surface area (Å²) in [7, 11) is -3.33. The molecule has 3 saturated heterocycles. The Morgan fingerprint density at radius 2 is 2.08 bits per heavy atom. The fraction of sp³-hybridized carbons (Fsp3) is 0.500. The molecular weight excluding hydrogens is 360 g/mol. The number of nitrogens with zero attached hydrogens (tertiary/aromatic N) is 2. The van der Waals surface area contributed by atoms with Gasteiger partial charge in [-0.25, -0.2) is 8.42 Å². The third-order valence-electron chi connectivity index (χ3n) is 4.96. The Morgan fingerprint density at radius 1 is 1.32 bits per heavy atom. The first-order valence-electron chi connectivity index (χ1n) is 8.29. The highest BCUT2D eigenvalue weighted by molar-refractivity contribution is 7.92. The Hall–Kier alpha value is -1.71. The Kier molecular flexibility index (Phi) is 4.17. The average Bonchev–Trinajstić information content (AvgIpc) is 2.97. The van der Waals surface area contributed by atoms with Crippen LogP contribution in [0, 0.1) is 5.92 Å². The van der Waals surface area contributed by atoms with Crippen molar-refractivity contribution in [3.05, 3.63) is 23.9 Å². The lowest BCUT2D eigenvalue weighted by Gasteiger charge is -2.44. The lowest BCUT2D eigenvalue weighted by molar-refractivity contribution is 0.0619. The Labute approximate surface area is 150 Å². The number of piperidine rings is 3. The first-order chi connectivity index (χ1) is 11.9. The number of aromatic nitrogens is 1. The molecule has 3 fully saturated rings. The molecule has 0 saturated carbocycles. The largest absolute Gasteiger partial charge is 0.346 e. The first-order valence-corrected chi connectivity index (χ1v) is 11.0. The molecule has 1 aromatic heterocycles. The van der Waals surface area contributed by atoms with Crippen molar-refractivity contribution in [2.45, 2.75) is 18.9 Å². The molecule has 4 heterocycles. The van der Waals surface area contributed by atoms with Crippen molar-refractivity contribution in [2.75, 3.05) is 30.6 Å². The van der Waals surface area contributed by atoms with Crippen LogP contribution >= 0.6 is 11.5 Å². The summed E-state index contributed by atoms with van der Waals surface area (Å²) in [5.41, 5.74) is 0.894. The highest BCUT2D eigenvalue weighted by Crippen LogP contribution is 2.29. The van der Waals surface area contributed by atoms with Gasteiger partial charge in [0.15, 0.2) is 0 Å². The summed E-state index contributed by atoms with van der Waals surface area (Å²) in [6, 6.07) is 5.30. The van der Waals surface area contributed by atoms with Gasteiger partial charge in [-0.1, -0.05) is 0 Å². The molecular formula is C16H20N4O3S2. The van der Waals surface area contributed by atoms with Crippen LogP contribution in [-0.4, -0.2) is 55.5 Å². The van der Waals surface area contributed by atoms with Gasteiger partial charge in [-0.05, 0) is 61.6 Å². The zero-order chi connectivity index (χ0) is 17.6. The topological polar surface area (TPSA) is 91.4 Å². The number of benzene rings is 1. The van der Waals surface area contributed by atoms with Gasteiger partial charge in [0, 0.05) is 23.7 Å². The number of anilines is 1. The molecule has 2 N–H and O–H groups in total. The van der Waals surface area contributed by atoms with Crippen molar-refractivity contribution in [1.82, 2.24) is 14.6 Å². The molecule has 0 radical (unpaired) electrons. The molecule has 0 aliphatic carbocycles. The lowest BCUT2D eigenvalue weighted by Crippen LogP contribution is -2.57. The quantitative estimate of drug-likeness (QED) is 0.839. The van der Waals surface area contributed by atoms with E-state index in [1.54, 1.807) is 18.2 Å². The molecule has 5 rings (SSSR count). The van der Waals surface area contributed by atoms with Crippen LogP contribution < -0.4 is 10.0 Å². The number of amides is 1. The standard InChI is InChI=1S/C16H20N4O3S2/c1-25(22,23)19-11-2-3-12-14(8-11)24-18-15(12)16(21)17-13-9-20-6-4-10(13)5-7-20/h2-3,8,10,13,19H,4-7,9H2,1H3,(H,17,21)/t13-/m1/s1. The fourth-order valence-electron chi connectivity index (χ4n) is 3.74. The van der Waals surface area contributed by atoms with Crippen molar-refractivity contribution in [3.8, 4) is 0 Å². The van der Waals surface area contributed by atoms with E-state index in [9.17, 15) is 13.2 Å². The molecule has 0 unspecified atom stereocenters. The molecule has 7 nitrogen and oxygen atoms in total. The molecule has 3 aliphatic heterocycles. The van der Waals surface area contributed by atoms with Crippen LogP contribution in [0.5, 0.6) is 0 Å². The molecule has 0 spiro atoms. The van der Waals surface area contributed by atoms with Crippen molar-refractivity contribution in [2.24, 2.45) is 5.92 Å². The average molecular weight is 380 g/mol. The molecule has 1 aromatic carbocycles. The molecule has 25 heavy (non-hydrogen) atoms. The van der Waals surface area contributed by atoms with Crippen molar-refractivity contribution in [3.63, 3.8) is 0 Å². The zero-order valence-corrected chi connectivity index (χ0v) is 15.5. The second-order valence-corrected chi connectivity index (χ2v) is 9.39. The van der Waals surface area contributed by atoms with E-state index in [-0.39, 0.29) is 11.9 Å². The van der Waals surface area contributed by atoms with E-state index in [2.05, 4.69) is 19.3 Å². The third-order valence-corrected chi connectivity index (χ3v) is 6.38. The summed E-state index contributed by atoms with van der Waals surface area (Å²) < 4.78 is 30.2. The van der Waals surface area contributed by atoms with Gasteiger partial charge in [-0.3, -0.25) is 9.52 Å². The molecule has 1 amide bonds. The summed E-state index contributed by atoms with van der Waals surface area (Å²) in [5.74, 6) is 0.415.